The van der Waals surface area contributed by atoms with E-state index < -0.39 is 18.5 Å². The van der Waals surface area contributed by atoms with E-state index in [0.29, 0.717) is 23.8 Å². The second-order valence-corrected chi connectivity index (χ2v) is 5.82. The lowest BCUT2D eigenvalue weighted by Gasteiger charge is -2.13. The van der Waals surface area contributed by atoms with Crippen molar-refractivity contribution in [1.29, 1.82) is 0 Å². The summed E-state index contributed by atoms with van der Waals surface area (Å²) in [7, 11) is 1.44. The van der Waals surface area contributed by atoms with Crippen molar-refractivity contribution < 1.29 is 23.8 Å². The Balaban J connectivity index is 1.99. The minimum absolute atomic E-state index is 0.165. The molecule has 1 N–H and O–H groups in total. The number of aryl methyl sites for hydroxylation is 1. The van der Waals surface area contributed by atoms with Gasteiger partial charge in [-0.15, -0.1) is 0 Å². The van der Waals surface area contributed by atoms with Crippen LogP contribution in [-0.2, 0) is 9.53 Å². The van der Waals surface area contributed by atoms with Crippen LogP contribution in [-0.4, -0.2) is 32.2 Å². The molecule has 6 nitrogen and oxygen atoms in total. The van der Waals surface area contributed by atoms with Gasteiger partial charge in [-0.3, -0.25) is 4.79 Å². The Morgan fingerprint density at radius 3 is 2.46 bits per heavy atom. The van der Waals surface area contributed by atoms with Gasteiger partial charge in [-0.05, 0) is 38.1 Å². The molecule has 0 unspecified atom stereocenters. The third-order valence-corrected chi connectivity index (χ3v) is 3.70. The smallest absolute Gasteiger partial charge is 0.338 e. The maximum absolute atomic E-state index is 12.2. The topological polar surface area (TPSA) is 73.9 Å². The highest BCUT2D eigenvalue weighted by molar-refractivity contribution is 6.32. The van der Waals surface area contributed by atoms with Crippen molar-refractivity contribution in [1.82, 2.24) is 0 Å². The molecule has 0 aliphatic rings. The van der Waals surface area contributed by atoms with Crippen molar-refractivity contribution in [3.8, 4) is 11.5 Å². The molecule has 0 saturated carbocycles. The van der Waals surface area contributed by atoms with E-state index in [1.54, 1.807) is 12.1 Å². The molecule has 2 aromatic carbocycles. The van der Waals surface area contributed by atoms with Crippen LogP contribution in [0.2, 0.25) is 5.02 Å². The van der Waals surface area contributed by atoms with Gasteiger partial charge in [-0.25, -0.2) is 4.79 Å². The maximum atomic E-state index is 12.2. The molecule has 7 heteroatoms. The third kappa shape index (κ3) is 5.13. The highest BCUT2D eigenvalue weighted by Gasteiger charge is 2.17. The number of halogens is 1. The molecule has 0 bridgehead atoms. The normalized spacial score (nSPS) is 10.2. The molecule has 138 valence electrons. The van der Waals surface area contributed by atoms with E-state index >= 15 is 0 Å². The molecular formula is C19H20ClNO5. The fraction of sp³-hybridized carbons (Fsp3) is 0.263. The zero-order valence-corrected chi connectivity index (χ0v) is 15.6. The average molecular weight is 378 g/mol. The number of esters is 1. The Bertz CT molecular complexity index is 789. The zero-order chi connectivity index (χ0) is 19.1. The van der Waals surface area contributed by atoms with Crippen LogP contribution in [0, 0.1) is 6.92 Å². The van der Waals surface area contributed by atoms with Gasteiger partial charge in [0.15, 0.2) is 18.1 Å². The summed E-state index contributed by atoms with van der Waals surface area (Å²) in [5.74, 6) is -0.459. The van der Waals surface area contributed by atoms with E-state index in [1.807, 2.05) is 26.0 Å². The van der Waals surface area contributed by atoms with Crippen molar-refractivity contribution in [2.75, 3.05) is 25.6 Å². The third-order valence-electron chi connectivity index (χ3n) is 3.42. The minimum atomic E-state index is -0.688. The summed E-state index contributed by atoms with van der Waals surface area (Å²) in [5, 5.41) is 2.87. The Kier molecular flexibility index (Phi) is 6.86. The van der Waals surface area contributed by atoms with Gasteiger partial charge in [0.05, 0.1) is 24.3 Å². The number of carbonyl (C=O) groups is 2. The number of nitrogens with one attached hydrogen (secondary N) is 1. The standard InChI is InChI=1S/C19H20ClNO5/c1-4-25-18-15(20)9-13(10-16(18)24-3)19(23)26-11-17(22)21-14-7-5-12(2)6-8-14/h5-10H,4,11H2,1-3H3,(H,21,22). The number of anilines is 1. The molecule has 0 heterocycles. The van der Waals surface area contributed by atoms with E-state index in [2.05, 4.69) is 5.32 Å². The molecule has 0 radical (unpaired) electrons. The molecule has 0 aliphatic heterocycles. The quantitative estimate of drug-likeness (QED) is 0.742. The Morgan fingerprint density at radius 1 is 1.15 bits per heavy atom. The maximum Gasteiger partial charge on any atom is 0.338 e. The Labute approximate surface area is 157 Å². The monoisotopic (exact) mass is 377 g/mol. The van der Waals surface area contributed by atoms with E-state index in [9.17, 15) is 9.59 Å². The largest absolute Gasteiger partial charge is 0.493 e. The molecule has 2 rings (SSSR count). The summed E-state index contributed by atoms with van der Waals surface area (Å²) in [6, 6.07) is 10.1. The van der Waals surface area contributed by atoms with Crippen molar-refractivity contribution in [2.45, 2.75) is 13.8 Å². The van der Waals surface area contributed by atoms with Crippen LogP contribution >= 0.6 is 11.6 Å². The van der Waals surface area contributed by atoms with Gasteiger partial charge in [-0.1, -0.05) is 29.3 Å². The van der Waals surface area contributed by atoms with Gasteiger partial charge in [0.25, 0.3) is 5.91 Å². The lowest BCUT2D eigenvalue weighted by Crippen LogP contribution is -2.21. The first kappa shape index (κ1) is 19.6. The summed E-state index contributed by atoms with van der Waals surface area (Å²) in [6.07, 6.45) is 0. The molecule has 0 fully saturated rings. The fourth-order valence-corrected chi connectivity index (χ4v) is 2.44. The molecular weight excluding hydrogens is 358 g/mol. The average Bonchev–Trinajstić information content (AvgIpc) is 2.63. The Hall–Kier alpha value is -2.73. The number of benzene rings is 2. The highest BCUT2D eigenvalue weighted by atomic mass is 35.5. The van der Waals surface area contributed by atoms with Crippen LogP contribution in [0.5, 0.6) is 11.5 Å². The lowest BCUT2D eigenvalue weighted by atomic mass is 10.2. The number of hydrogen-bond acceptors (Lipinski definition) is 5. The molecule has 2 aromatic rings. The van der Waals surface area contributed by atoms with Gasteiger partial charge in [0.1, 0.15) is 0 Å². The molecule has 0 saturated heterocycles. The molecule has 0 aliphatic carbocycles. The molecule has 0 aromatic heterocycles. The van der Waals surface area contributed by atoms with Gasteiger partial charge < -0.3 is 19.5 Å². The van der Waals surface area contributed by atoms with Crippen molar-refractivity contribution in [3.05, 3.63) is 52.5 Å². The van der Waals surface area contributed by atoms with Crippen LogP contribution in [0.25, 0.3) is 0 Å². The van der Waals surface area contributed by atoms with E-state index in [4.69, 9.17) is 25.8 Å². The fourth-order valence-electron chi connectivity index (χ4n) is 2.17. The van der Waals surface area contributed by atoms with Gasteiger partial charge in [0, 0.05) is 5.69 Å². The van der Waals surface area contributed by atoms with Crippen LogP contribution in [0.3, 0.4) is 0 Å². The highest BCUT2D eigenvalue weighted by Crippen LogP contribution is 2.36. The van der Waals surface area contributed by atoms with Crippen molar-refractivity contribution >= 4 is 29.2 Å². The predicted molar refractivity (Wildman–Crippen MR) is 99.3 cm³/mol. The number of methoxy groups -OCH3 is 1. The summed E-state index contributed by atoms with van der Waals surface area (Å²) < 4.78 is 15.6. The number of hydrogen-bond donors (Lipinski definition) is 1. The summed E-state index contributed by atoms with van der Waals surface area (Å²) in [6.45, 7) is 3.74. The number of carbonyl (C=O) groups excluding carboxylic acids is 2. The van der Waals surface area contributed by atoms with Gasteiger partial charge in [0.2, 0.25) is 0 Å². The van der Waals surface area contributed by atoms with E-state index in [0.717, 1.165) is 5.56 Å². The van der Waals surface area contributed by atoms with Crippen molar-refractivity contribution in [2.24, 2.45) is 0 Å². The molecule has 26 heavy (non-hydrogen) atoms. The van der Waals surface area contributed by atoms with Gasteiger partial charge in [-0.2, -0.15) is 0 Å². The number of ether oxygens (including phenoxy) is 3. The number of rotatable bonds is 7. The second-order valence-electron chi connectivity index (χ2n) is 5.41. The number of amides is 1. The molecule has 1 amide bonds. The minimum Gasteiger partial charge on any atom is -0.493 e. The van der Waals surface area contributed by atoms with Gasteiger partial charge >= 0.3 is 5.97 Å². The van der Waals surface area contributed by atoms with Crippen LogP contribution in [0.1, 0.15) is 22.8 Å². The predicted octanol–water partition coefficient (Wildman–Crippen LogP) is 3.85. The molecule has 0 atom stereocenters. The molecule has 0 spiro atoms. The van der Waals surface area contributed by atoms with Crippen LogP contribution in [0.15, 0.2) is 36.4 Å². The van der Waals surface area contributed by atoms with Crippen LogP contribution < -0.4 is 14.8 Å². The Morgan fingerprint density at radius 2 is 1.85 bits per heavy atom. The van der Waals surface area contributed by atoms with E-state index in [-0.39, 0.29) is 10.6 Å². The summed E-state index contributed by atoms with van der Waals surface area (Å²) in [5.41, 5.74) is 1.87. The lowest BCUT2D eigenvalue weighted by molar-refractivity contribution is -0.119. The zero-order valence-electron chi connectivity index (χ0n) is 14.8. The summed E-state index contributed by atoms with van der Waals surface area (Å²) in [4.78, 5) is 24.1. The van der Waals surface area contributed by atoms with Crippen LogP contribution in [0.4, 0.5) is 5.69 Å². The summed E-state index contributed by atoms with van der Waals surface area (Å²) >= 11 is 6.13. The SMILES string of the molecule is CCOc1c(Cl)cc(C(=O)OCC(=O)Nc2ccc(C)cc2)cc1OC. The first-order chi connectivity index (χ1) is 12.4. The van der Waals surface area contributed by atoms with Crippen molar-refractivity contribution in [3.63, 3.8) is 0 Å². The first-order valence-electron chi connectivity index (χ1n) is 7.98. The second kappa shape index (κ2) is 9.10. The first-order valence-corrected chi connectivity index (χ1v) is 8.36. The van der Waals surface area contributed by atoms with E-state index in [1.165, 1.54) is 19.2 Å².